The topological polar surface area (TPSA) is 28.7 Å². The van der Waals surface area contributed by atoms with Crippen LogP contribution in [0.25, 0.3) is 11.0 Å². The zero-order chi connectivity index (χ0) is 11.2. The third-order valence-corrected chi connectivity index (χ3v) is 1.99. The van der Waals surface area contributed by atoms with Crippen molar-refractivity contribution >= 4 is 22.6 Å². The summed E-state index contributed by atoms with van der Waals surface area (Å²) in [7, 11) is 0. The molecule has 2 aromatic rings. The number of aromatic nitrogens is 2. The minimum atomic E-state index is -4.63. The lowest BCUT2D eigenvalue weighted by Gasteiger charge is -1.98. The molecule has 0 spiro atoms. The molecule has 0 aliphatic rings. The number of rotatable bonds is 0. The summed E-state index contributed by atoms with van der Waals surface area (Å²) in [5.41, 5.74) is -0.445. The number of H-pyrrole nitrogens is 1. The van der Waals surface area contributed by atoms with Crippen molar-refractivity contribution in [3.05, 3.63) is 28.8 Å². The van der Waals surface area contributed by atoms with Crippen LogP contribution in [-0.4, -0.2) is 9.97 Å². The van der Waals surface area contributed by atoms with Crippen LogP contribution in [0, 0.1) is 5.82 Å². The lowest BCUT2D eigenvalue weighted by Crippen LogP contribution is -2.06. The van der Waals surface area contributed by atoms with Gasteiger partial charge in [-0.2, -0.15) is 13.2 Å². The van der Waals surface area contributed by atoms with E-state index in [4.69, 9.17) is 11.6 Å². The van der Waals surface area contributed by atoms with Gasteiger partial charge in [0.25, 0.3) is 0 Å². The van der Waals surface area contributed by atoms with E-state index in [1.807, 2.05) is 4.98 Å². The van der Waals surface area contributed by atoms with Gasteiger partial charge < -0.3 is 4.98 Å². The highest BCUT2D eigenvalue weighted by molar-refractivity contribution is 6.31. The maximum atomic E-state index is 13.1. The summed E-state index contributed by atoms with van der Waals surface area (Å²) in [5.74, 6) is -2.12. The van der Waals surface area contributed by atoms with Crippen LogP contribution in [0.1, 0.15) is 5.82 Å². The second-order valence-corrected chi connectivity index (χ2v) is 3.30. The Morgan fingerprint density at radius 3 is 2.53 bits per heavy atom. The number of fused-ring (bicyclic) bond motifs is 1. The predicted molar refractivity (Wildman–Crippen MR) is 46.1 cm³/mol. The molecule has 1 N–H and O–H groups in total. The standard InChI is InChI=1S/C8H3ClF4N2/c9-3-1-4(10)6-5(2-3)14-7(15-6)8(11,12)13/h1-2H,(H,14,15). The number of alkyl halides is 3. The monoisotopic (exact) mass is 238 g/mol. The molecule has 1 heterocycles. The van der Waals surface area contributed by atoms with Gasteiger partial charge in [-0.1, -0.05) is 11.6 Å². The highest BCUT2D eigenvalue weighted by Crippen LogP contribution is 2.30. The molecule has 1 aromatic heterocycles. The quantitative estimate of drug-likeness (QED) is 0.701. The summed E-state index contributed by atoms with van der Waals surface area (Å²) in [4.78, 5) is 5.07. The molecular formula is C8H3ClF4N2. The number of nitrogens with zero attached hydrogens (tertiary/aromatic N) is 1. The first-order chi connectivity index (χ1) is 6.88. The Hall–Kier alpha value is -1.30. The van der Waals surface area contributed by atoms with Gasteiger partial charge in [0.2, 0.25) is 5.82 Å². The molecule has 1 aromatic carbocycles. The number of hydrogen-bond donors (Lipinski definition) is 1. The van der Waals surface area contributed by atoms with E-state index in [0.29, 0.717) is 0 Å². The fraction of sp³-hybridized carbons (Fsp3) is 0.125. The third kappa shape index (κ3) is 1.77. The van der Waals surface area contributed by atoms with Crippen LogP contribution in [0.4, 0.5) is 17.6 Å². The van der Waals surface area contributed by atoms with Crippen molar-refractivity contribution in [2.75, 3.05) is 0 Å². The van der Waals surface area contributed by atoms with E-state index in [0.717, 1.165) is 6.07 Å². The predicted octanol–water partition coefficient (Wildman–Crippen LogP) is 3.37. The van der Waals surface area contributed by atoms with Crippen molar-refractivity contribution in [1.82, 2.24) is 9.97 Å². The van der Waals surface area contributed by atoms with Crippen molar-refractivity contribution < 1.29 is 17.6 Å². The highest BCUT2D eigenvalue weighted by atomic mass is 35.5. The summed E-state index contributed by atoms with van der Waals surface area (Å²) in [6, 6.07) is 2.09. The molecule has 80 valence electrons. The minimum Gasteiger partial charge on any atom is -0.334 e. The van der Waals surface area contributed by atoms with Gasteiger partial charge in [0.05, 0.1) is 5.52 Å². The number of aromatic amines is 1. The summed E-state index contributed by atoms with van der Waals surface area (Å²) in [6.45, 7) is 0. The van der Waals surface area contributed by atoms with E-state index in [1.54, 1.807) is 0 Å². The molecule has 0 aliphatic heterocycles. The maximum absolute atomic E-state index is 13.1. The third-order valence-electron chi connectivity index (χ3n) is 1.77. The summed E-state index contributed by atoms with van der Waals surface area (Å²) >= 11 is 5.48. The van der Waals surface area contributed by atoms with Crippen molar-refractivity contribution in [1.29, 1.82) is 0 Å². The lowest BCUT2D eigenvalue weighted by molar-refractivity contribution is -0.144. The first-order valence-corrected chi connectivity index (χ1v) is 4.17. The molecule has 2 rings (SSSR count). The van der Waals surface area contributed by atoms with Crippen molar-refractivity contribution in [2.45, 2.75) is 6.18 Å². The molecule has 0 radical (unpaired) electrons. The van der Waals surface area contributed by atoms with Gasteiger partial charge in [-0.25, -0.2) is 9.37 Å². The van der Waals surface area contributed by atoms with Crippen LogP contribution in [-0.2, 0) is 6.18 Å². The highest BCUT2D eigenvalue weighted by Gasteiger charge is 2.35. The Bertz CT molecular complexity index is 517. The van der Waals surface area contributed by atoms with Gasteiger partial charge in [0.15, 0.2) is 5.82 Å². The van der Waals surface area contributed by atoms with Crippen molar-refractivity contribution in [3.8, 4) is 0 Å². The molecule has 0 unspecified atom stereocenters. The number of imidazole rings is 1. The van der Waals surface area contributed by atoms with Crippen LogP contribution in [0.2, 0.25) is 5.02 Å². The Kier molecular flexibility index (Phi) is 2.11. The fourth-order valence-corrected chi connectivity index (χ4v) is 1.38. The van der Waals surface area contributed by atoms with E-state index >= 15 is 0 Å². The van der Waals surface area contributed by atoms with Gasteiger partial charge >= 0.3 is 6.18 Å². The zero-order valence-electron chi connectivity index (χ0n) is 6.99. The second-order valence-electron chi connectivity index (χ2n) is 2.87. The largest absolute Gasteiger partial charge is 0.449 e. The SMILES string of the molecule is Fc1cc(Cl)cc2[nH]c(C(F)(F)F)nc12. The number of hydrogen-bond acceptors (Lipinski definition) is 1. The molecule has 0 saturated heterocycles. The molecule has 0 aliphatic carbocycles. The smallest absolute Gasteiger partial charge is 0.334 e. The van der Waals surface area contributed by atoms with E-state index in [1.165, 1.54) is 6.07 Å². The molecule has 0 saturated carbocycles. The summed E-state index contributed by atoms with van der Waals surface area (Å²) < 4.78 is 49.7. The van der Waals surface area contributed by atoms with Gasteiger partial charge in [0.1, 0.15) is 5.52 Å². The minimum absolute atomic E-state index is 0.0115. The maximum Gasteiger partial charge on any atom is 0.449 e. The normalized spacial score (nSPS) is 12.3. The summed E-state index contributed by atoms with van der Waals surface area (Å²) in [6.07, 6.45) is -4.63. The average Bonchev–Trinajstić information content (AvgIpc) is 2.46. The van der Waals surface area contributed by atoms with Crippen LogP contribution >= 0.6 is 11.6 Å². The van der Waals surface area contributed by atoms with E-state index in [2.05, 4.69) is 4.98 Å². The second kappa shape index (κ2) is 3.10. The van der Waals surface area contributed by atoms with Gasteiger partial charge in [-0.3, -0.25) is 0 Å². The number of benzene rings is 1. The zero-order valence-corrected chi connectivity index (χ0v) is 7.75. The van der Waals surface area contributed by atoms with Gasteiger partial charge in [-0.15, -0.1) is 0 Å². The fourth-order valence-electron chi connectivity index (χ4n) is 1.18. The molecule has 15 heavy (non-hydrogen) atoms. The van der Waals surface area contributed by atoms with Gasteiger partial charge in [0, 0.05) is 5.02 Å². The molecule has 0 fully saturated rings. The number of halogens is 5. The van der Waals surface area contributed by atoms with Crippen molar-refractivity contribution in [3.63, 3.8) is 0 Å². The van der Waals surface area contributed by atoms with Crippen molar-refractivity contribution in [2.24, 2.45) is 0 Å². The molecule has 0 atom stereocenters. The van der Waals surface area contributed by atoms with E-state index < -0.39 is 17.8 Å². The number of nitrogens with one attached hydrogen (secondary N) is 1. The van der Waals surface area contributed by atoms with Crippen LogP contribution in [0.3, 0.4) is 0 Å². The van der Waals surface area contributed by atoms with Crippen LogP contribution in [0.15, 0.2) is 12.1 Å². The Morgan fingerprint density at radius 2 is 1.93 bits per heavy atom. The first-order valence-electron chi connectivity index (χ1n) is 3.80. The van der Waals surface area contributed by atoms with Crippen LogP contribution < -0.4 is 0 Å². The van der Waals surface area contributed by atoms with E-state index in [-0.39, 0.29) is 16.1 Å². The Balaban J connectivity index is 2.71. The molecular weight excluding hydrogens is 236 g/mol. The molecule has 7 heteroatoms. The Morgan fingerprint density at radius 1 is 1.27 bits per heavy atom. The molecule has 0 amide bonds. The summed E-state index contributed by atoms with van der Waals surface area (Å²) in [5, 5.41) is 0.0115. The molecule has 0 bridgehead atoms. The van der Waals surface area contributed by atoms with Gasteiger partial charge in [-0.05, 0) is 12.1 Å². The van der Waals surface area contributed by atoms with Crippen LogP contribution in [0.5, 0.6) is 0 Å². The van der Waals surface area contributed by atoms with E-state index in [9.17, 15) is 17.6 Å². The lowest BCUT2D eigenvalue weighted by atomic mass is 10.3. The average molecular weight is 239 g/mol. The Labute approximate surface area is 85.9 Å². The molecule has 2 nitrogen and oxygen atoms in total. The first kappa shape index (κ1) is 10.2.